The molecule has 0 aliphatic carbocycles. The highest BCUT2D eigenvalue weighted by Gasteiger charge is 2.34. The number of aryl methyl sites for hydroxylation is 1. The van der Waals surface area contributed by atoms with Crippen LogP contribution in [0.1, 0.15) is 40.0 Å². The van der Waals surface area contributed by atoms with Gasteiger partial charge in [0.05, 0.1) is 17.4 Å². The van der Waals surface area contributed by atoms with Crippen LogP contribution in [0.2, 0.25) is 0 Å². The molecule has 4 aromatic heterocycles. The monoisotopic (exact) mass is 427 g/mol. The summed E-state index contributed by atoms with van der Waals surface area (Å²) in [6.07, 6.45) is 3.84. The van der Waals surface area contributed by atoms with E-state index in [4.69, 9.17) is 8.83 Å². The Morgan fingerprint density at radius 3 is 2.60 bits per heavy atom. The molecular weight excluding hydrogens is 406 g/mol. The normalized spacial score (nSPS) is 16.4. The van der Waals surface area contributed by atoms with Gasteiger partial charge in [-0.2, -0.15) is 4.52 Å². The maximum Gasteiger partial charge on any atom is 0.289 e. The molecule has 1 fully saturated rings. The van der Waals surface area contributed by atoms with E-state index >= 15 is 0 Å². The van der Waals surface area contributed by atoms with E-state index in [1.807, 2.05) is 19.1 Å². The second kappa shape index (κ2) is 7.62. The fourth-order valence-corrected chi connectivity index (χ4v) is 4.90. The third kappa shape index (κ3) is 3.17. The Balaban J connectivity index is 1.42. The van der Waals surface area contributed by atoms with Crippen molar-refractivity contribution in [1.82, 2.24) is 24.4 Å². The minimum Gasteiger partial charge on any atom is -0.492 e. The van der Waals surface area contributed by atoms with Gasteiger partial charge in [-0.1, -0.05) is 18.3 Å². The number of rotatable bonds is 5. The minimum absolute atomic E-state index is 0.0812. The van der Waals surface area contributed by atoms with Crippen molar-refractivity contribution < 1.29 is 18.7 Å². The molecule has 1 amide bonds. The molecule has 5 heterocycles. The van der Waals surface area contributed by atoms with Crippen LogP contribution in [0.4, 0.5) is 0 Å². The molecule has 0 bridgehead atoms. The van der Waals surface area contributed by atoms with E-state index in [2.05, 4.69) is 15.0 Å². The largest absolute Gasteiger partial charge is 0.492 e. The summed E-state index contributed by atoms with van der Waals surface area (Å²) in [6.45, 7) is 4.35. The van der Waals surface area contributed by atoms with Crippen molar-refractivity contribution >= 4 is 22.2 Å². The average Bonchev–Trinajstić information content (AvgIpc) is 3.56. The highest BCUT2D eigenvalue weighted by atomic mass is 32.1. The zero-order valence-electron chi connectivity index (χ0n) is 16.4. The summed E-state index contributed by atoms with van der Waals surface area (Å²) < 4.78 is 12.5. The van der Waals surface area contributed by atoms with Crippen LogP contribution in [0, 0.1) is 0 Å². The Morgan fingerprint density at radius 2 is 1.97 bits per heavy atom. The second-order valence-electron chi connectivity index (χ2n) is 7.09. The first kappa shape index (κ1) is 18.9. The summed E-state index contributed by atoms with van der Waals surface area (Å²) >= 11 is 1.41. The lowest BCUT2D eigenvalue weighted by atomic mass is 10.1. The summed E-state index contributed by atoms with van der Waals surface area (Å²) in [7, 11) is 0. The van der Waals surface area contributed by atoms with Crippen molar-refractivity contribution in [2.45, 2.75) is 19.4 Å². The van der Waals surface area contributed by atoms with Gasteiger partial charge >= 0.3 is 0 Å². The predicted molar refractivity (Wildman–Crippen MR) is 109 cm³/mol. The number of thiazole rings is 1. The van der Waals surface area contributed by atoms with Crippen molar-refractivity contribution in [3.8, 4) is 5.88 Å². The molecule has 0 radical (unpaired) electrons. The molecule has 1 N–H and O–H groups in total. The van der Waals surface area contributed by atoms with Crippen molar-refractivity contribution in [1.29, 1.82) is 0 Å². The summed E-state index contributed by atoms with van der Waals surface area (Å²) in [5.41, 5.74) is 0. The number of carbonyl (C=O) groups excluding carboxylic acids is 1. The summed E-state index contributed by atoms with van der Waals surface area (Å²) in [4.78, 5) is 22.4. The first-order valence-electron chi connectivity index (χ1n) is 9.83. The Hall–Kier alpha value is -3.11. The molecule has 30 heavy (non-hydrogen) atoms. The predicted octanol–water partition coefficient (Wildman–Crippen LogP) is 2.79. The molecule has 0 spiro atoms. The maximum absolute atomic E-state index is 12.6. The van der Waals surface area contributed by atoms with Crippen LogP contribution in [-0.4, -0.2) is 61.6 Å². The number of nitrogens with zero attached hydrogens (tertiary/aromatic N) is 5. The van der Waals surface area contributed by atoms with Crippen LogP contribution < -0.4 is 0 Å². The van der Waals surface area contributed by atoms with Crippen molar-refractivity contribution in [2.24, 2.45) is 0 Å². The van der Waals surface area contributed by atoms with Gasteiger partial charge in [-0.05, 0) is 24.3 Å². The number of hydrogen-bond acceptors (Lipinski definition) is 8. The maximum atomic E-state index is 12.6. The average molecular weight is 427 g/mol. The topological polar surface area (TPSA) is 100 Å². The van der Waals surface area contributed by atoms with Crippen molar-refractivity contribution in [3.63, 3.8) is 0 Å². The van der Waals surface area contributed by atoms with Crippen LogP contribution in [0.15, 0.2) is 45.6 Å². The molecule has 1 aliphatic heterocycles. The molecule has 1 atom stereocenters. The molecule has 0 aromatic carbocycles. The van der Waals surface area contributed by atoms with Crippen LogP contribution >= 0.6 is 11.3 Å². The van der Waals surface area contributed by atoms with E-state index in [0.29, 0.717) is 49.1 Å². The zero-order chi connectivity index (χ0) is 20.7. The molecule has 9 nitrogen and oxygen atoms in total. The third-order valence-electron chi connectivity index (χ3n) is 5.32. The molecule has 1 aliphatic rings. The minimum atomic E-state index is -0.278. The number of furan rings is 2. The van der Waals surface area contributed by atoms with Crippen molar-refractivity contribution in [3.05, 3.63) is 59.0 Å². The fraction of sp³-hybridized carbons (Fsp3) is 0.350. The summed E-state index contributed by atoms with van der Waals surface area (Å²) in [5, 5.41) is 15.3. The van der Waals surface area contributed by atoms with Crippen LogP contribution in [-0.2, 0) is 6.42 Å². The van der Waals surface area contributed by atoms with Gasteiger partial charge in [-0.15, -0.1) is 5.10 Å². The number of hydrogen-bond donors (Lipinski definition) is 1. The van der Waals surface area contributed by atoms with E-state index < -0.39 is 0 Å². The fourth-order valence-electron chi connectivity index (χ4n) is 3.78. The summed E-state index contributed by atoms with van der Waals surface area (Å²) in [6, 6.07) is 6.85. The smallest absolute Gasteiger partial charge is 0.289 e. The highest BCUT2D eigenvalue weighted by Crippen LogP contribution is 2.40. The van der Waals surface area contributed by atoms with Gasteiger partial charge in [0.25, 0.3) is 5.91 Å². The molecule has 0 unspecified atom stereocenters. The Labute approximate surface area is 176 Å². The Morgan fingerprint density at radius 1 is 1.20 bits per heavy atom. The number of piperazine rings is 1. The first-order chi connectivity index (χ1) is 14.7. The molecule has 1 saturated heterocycles. The van der Waals surface area contributed by atoms with Gasteiger partial charge in [-0.25, -0.2) is 4.98 Å². The Kier molecular flexibility index (Phi) is 4.80. The molecule has 4 aromatic rings. The first-order valence-corrected chi connectivity index (χ1v) is 10.6. The molecular formula is C20H21N5O4S. The van der Waals surface area contributed by atoms with E-state index in [-0.39, 0.29) is 17.8 Å². The molecule has 0 saturated carbocycles. The second-order valence-corrected chi connectivity index (χ2v) is 8.10. The van der Waals surface area contributed by atoms with E-state index in [0.717, 1.165) is 10.6 Å². The lowest BCUT2D eigenvalue weighted by molar-refractivity contribution is 0.0554. The Bertz CT molecular complexity index is 1140. The number of aromatic hydroxyl groups is 1. The van der Waals surface area contributed by atoms with E-state index in [1.54, 1.807) is 23.3 Å². The lowest BCUT2D eigenvalue weighted by Gasteiger charge is -2.37. The third-order valence-corrected chi connectivity index (χ3v) is 6.39. The number of aromatic nitrogens is 3. The number of carbonyl (C=O) groups is 1. The standard InChI is InChI=1S/C20H21N5O4S/c1-2-15-21-20-25(22-15)19(27)17(30-20)16(13-5-3-11-28-13)23-7-9-24(10-8-23)18(26)14-6-4-12-29-14/h3-6,11-12,16,27H,2,7-10H2,1H3/t16-/m0/s1. The van der Waals surface area contributed by atoms with Gasteiger partial charge in [0, 0.05) is 32.6 Å². The zero-order valence-corrected chi connectivity index (χ0v) is 17.2. The van der Waals surface area contributed by atoms with E-state index in [9.17, 15) is 9.90 Å². The molecule has 5 rings (SSSR count). The number of fused-ring (bicyclic) bond motifs is 1. The van der Waals surface area contributed by atoms with Crippen LogP contribution in [0.5, 0.6) is 5.88 Å². The van der Waals surface area contributed by atoms with Gasteiger partial charge < -0.3 is 18.8 Å². The van der Waals surface area contributed by atoms with Gasteiger partial charge in [0.1, 0.15) is 11.8 Å². The quantitative estimate of drug-likeness (QED) is 0.523. The number of amides is 1. The van der Waals surface area contributed by atoms with E-state index in [1.165, 1.54) is 22.1 Å². The van der Waals surface area contributed by atoms with Crippen molar-refractivity contribution in [2.75, 3.05) is 26.2 Å². The van der Waals surface area contributed by atoms with Gasteiger partial charge in [-0.3, -0.25) is 9.69 Å². The van der Waals surface area contributed by atoms with Crippen LogP contribution in [0.25, 0.3) is 4.96 Å². The highest BCUT2D eigenvalue weighted by molar-refractivity contribution is 7.17. The summed E-state index contributed by atoms with van der Waals surface area (Å²) in [5.74, 6) is 1.75. The SMILES string of the molecule is CCc1nc2sc([C@H](c3ccco3)N3CCN(C(=O)c4ccco4)CC3)c(O)n2n1. The molecule has 156 valence electrons. The molecule has 10 heteroatoms. The lowest BCUT2D eigenvalue weighted by Crippen LogP contribution is -2.49. The van der Waals surface area contributed by atoms with Crippen LogP contribution in [0.3, 0.4) is 0 Å². The van der Waals surface area contributed by atoms with Gasteiger partial charge in [0.15, 0.2) is 11.6 Å². The van der Waals surface area contributed by atoms with Gasteiger partial charge in [0.2, 0.25) is 10.8 Å².